The van der Waals surface area contributed by atoms with Crippen LogP contribution in [0.1, 0.15) is 0 Å². The van der Waals surface area contributed by atoms with Gasteiger partial charge in [-0.3, -0.25) is 9.48 Å². The number of aromatic nitrogens is 4. The van der Waals surface area contributed by atoms with Crippen LogP contribution in [-0.2, 0) is 11.3 Å². The number of benzene rings is 1. The molecule has 0 fully saturated rings. The van der Waals surface area contributed by atoms with Gasteiger partial charge in [-0.1, -0.05) is 15.9 Å². The van der Waals surface area contributed by atoms with Crippen molar-refractivity contribution < 1.29 is 4.79 Å². The van der Waals surface area contributed by atoms with Crippen LogP contribution in [0.5, 0.6) is 0 Å². The van der Waals surface area contributed by atoms with E-state index in [1.54, 1.807) is 34.0 Å². The van der Waals surface area contributed by atoms with Gasteiger partial charge in [0.05, 0.1) is 11.4 Å². The van der Waals surface area contributed by atoms with Crippen LogP contribution >= 0.6 is 15.9 Å². The molecule has 106 valence electrons. The molecule has 0 saturated carbocycles. The summed E-state index contributed by atoms with van der Waals surface area (Å²) >= 11 is 3.41. The van der Waals surface area contributed by atoms with Crippen LogP contribution in [0.15, 0.2) is 59.6 Å². The summed E-state index contributed by atoms with van der Waals surface area (Å²) in [5, 5.41) is 11.1. The van der Waals surface area contributed by atoms with Crippen LogP contribution in [0, 0.1) is 0 Å². The van der Waals surface area contributed by atoms with Gasteiger partial charge in [0.25, 0.3) is 0 Å². The van der Waals surface area contributed by atoms with Crippen LogP contribution in [0.2, 0.25) is 0 Å². The molecule has 3 rings (SSSR count). The molecule has 0 aliphatic heterocycles. The van der Waals surface area contributed by atoms with E-state index in [-0.39, 0.29) is 12.5 Å². The molecular formula is C14H12BrN5O. The fourth-order valence-electron chi connectivity index (χ4n) is 1.95. The zero-order valence-electron chi connectivity index (χ0n) is 11.0. The minimum Gasteiger partial charge on any atom is -0.323 e. The molecule has 2 aromatic heterocycles. The molecule has 0 aliphatic rings. The van der Waals surface area contributed by atoms with E-state index in [1.807, 2.05) is 30.5 Å². The lowest BCUT2D eigenvalue weighted by Crippen LogP contribution is -2.20. The lowest BCUT2D eigenvalue weighted by molar-refractivity contribution is -0.116. The van der Waals surface area contributed by atoms with Crippen molar-refractivity contribution in [3.63, 3.8) is 0 Å². The quantitative estimate of drug-likeness (QED) is 0.789. The van der Waals surface area contributed by atoms with Crippen molar-refractivity contribution >= 4 is 27.5 Å². The van der Waals surface area contributed by atoms with Gasteiger partial charge in [-0.25, -0.2) is 4.68 Å². The topological polar surface area (TPSA) is 64.7 Å². The highest BCUT2D eigenvalue weighted by molar-refractivity contribution is 9.10. The molecule has 7 heteroatoms. The second-order valence-corrected chi connectivity index (χ2v) is 5.28. The predicted octanol–water partition coefficient (Wildman–Crippen LogP) is 2.47. The molecule has 0 aliphatic carbocycles. The number of hydrogen-bond donors (Lipinski definition) is 1. The molecule has 2 heterocycles. The number of nitrogens with zero attached hydrogens (tertiary/aromatic N) is 4. The Hall–Kier alpha value is -2.41. The van der Waals surface area contributed by atoms with Gasteiger partial charge in [-0.05, 0) is 30.3 Å². The number of amides is 1. The Bertz CT molecular complexity index is 737. The second kappa shape index (κ2) is 5.92. The van der Waals surface area contributed by atoms with Crippen molar-refractivity contribution in [3.05, 3.63) is 59.6 Å². The number of anilines is 1. The first-order chi connectivity index (χ1) is 10.2. The molecule has 0 saturated heterocycles. The van der Waals surface area contributed by atoms with Crippen molar-refractivity contribution in [2.24, 2.45) is 0 Å². The molecule has 0 bridgehead atoms. The zero-order valence-corrected chi connectivity index (χ0v) is 12.6. The highest BCUT2D eigenvalue weighted by atomic mass is 79.9. The van der Waals surface area contributed by atoms with Crippen molar-refractivity contribution in [3.8, 4) is 5.69 Å². The third kappa shape index (κ3) is 3.19. The van der Waals surface area contributed by atoms with E-state index in [0.29, 0.717) is 5.69 Å². The third-order valence-electron chi connectivity index (χ3n) is 2.85. The Morgan fingerprint density at radius 1 is 1.19 bits per heavy atom. The average molecular weight is 346 g/mol. The summed E-state index contributed by atoms with van der Waals surface area (Å²) in [6.07, 6.45) is 6.90. The fourth-order valence-corrected chi connectivity index (χ4v) is 2.31. The van der Waals surface area contributed by atoms with E-state index in [1.165, 1.54) is 0 Å². The van der Waals surface area contributed by atoms with Crippen molar-refractivity contribution in [2.75, 3.05) is 5.32 Å². The van der Waals surface area contributed by atoms with Gasteiger partial charge in [0.2, 0.25) is 5.91 Å². The second-order valence-electron chi connectivity index (χ2n) is 4.36. The summed E-state index contributed by atoms with van der Waals surface area (Å²) in [6, 6.07) is 9.25. The van der Waals surface area contributed by atoms with Gasteiger partial charge < -0.3 is 5.32 Å². The van der Waals surface area contributed by atoms with E-state index in [9.17, 15) is 4.79 Å². The van der Waals surface area contributed by atoms with Crippen LogP contribution in [0.3, 0.4) is 0 Å². The Labute approximate surface area is 129 Å². The normalized spacial score (nSPS) is 10.5. The van der Waals surface area contributed by atoms with Gasteiger partial charge in [-0.15, -0.1) is 0 Å². The van der Waals surface area contributed by atoms with Crippen LogP contribution in [0.25, 0.3) is 5.69 Å². The van der Waals surface area contributed by atoms with Crippen LogP contribution < -0.4 is 5.32 Å². The number of carbonyl (C=O) groups is 1. The number of nitrogens with one attached hydrogen (secondary N) is 1. The molecule has 0 unspecified atom stereocenters. The van der Waals surface area contributed by atoms with E-state index < -0.39 is 0 Å². The highest BCUT2D eigenvalue weighted by Crippen LogP contribution is 2.24. The monoisotopic (exact) mass is 345 g/mol. The molecule has 1 amide bonds. The highest BCUT2D eigenvalue weighted by Gasteiger charge is 2.10. The van der Waals surface area contributed by atoms with E-state index >= 15 is 0 Å². The maximum atomic E-state index is 12.1. The first-order valence-corrected chi connectivity index (χ1v) is 7.08. The summed E-state index contributed by atoms with van der Waals surface area (Å²) in [7, 11) is 0. The van der Waals surface area contributed by atoms with Gasteiger partial charge in [0.15, 0.2) is 0 Å². The average Bonchev–Trinajstić information content (AvgIpc) is 3.11. The number of carbonyl (C=O) groups excluding carboxylic acids is 1. The lowest BCUT2D eigenvalue weighted by atomic mass is 10.2. The largest absolute Gasteiger partial charge is 0.323 e. The Kier molecular flexibility index (Phi) is 3.83. The summed E-state index contributed by atoms with van der Waals surface area (Å²) < 4.78 is 4.16. The van der Waals surface area contributed by atoms with Gasteiger partial charge in [0.1, 0.15) is 6.54 Å². The summed E-state index contributed by atoms with van der Waals surface area (Å²) in [4.78, 5) is 12.1. The molecular weight excluding hydrogens is 334 g/mol. The first kappa shape index (κ1) is 13.6. The standard InChI is InChI=1S/C14H12BrN5O/c15-11-3-4-13(20-8-2-6-17-20)12(9-11)18-14(21)10-19-7-1-5-16-19/h1-9H,10H2,(H,18,21). The summed E-state index contributed by atoms with van der Waals surface area (Å²) in [5.74, 6) is -0.148. The molecule has 0 spiro atoms. The van der Waals surface area contributed by atoms with Gasteiger partial charge in [0, 0.05) is 29.3 Å². The van der Waals surface area contributed by atoms with E-state index in [0.717, 1.165) is 10.2 Å². The van der Waals surface area contributed by atoms with Gasteiger partial charge in [-0.2, -0.15) is 10.2 Å². The van der Waals surface area contributed by atoms with Crippen LogP contribution in [0.4, 0.5) is 5.69 Å². The number of halogens is 1. The molecule has 0 radical (unpaired) electrons. The van der Waals surface area contributed by atoms with E-state index in [4.69, 9.17) is 0 Å². The number of rotatable bonds is 4. The van der Waals surface area contributed by atoms with Crippen LogP contribution in [-0.4, -0.2) is 25.5 Å². The lowest BCUT2D eigenvalue weighted by Gasteiger charge is -2.12. The molecule has 3 aromatic rings. The van der Waals surface area contributed by atoms with E-state index in [2.05, 4.69) is 31.4 Å². The van der Waals surface area contributed by atoms with Gasteiger partial charge >= 0.3 is 0 Å². The smallest absolute Gasteiger partial charge is 0.246 e. The molecule has 1 N–H and O–H groups in total. The zero-order chi connectivity index (χ0) is 14.7. The number of hydrogen-bond acceptors (Lipinski definition) is 3. The van der Waals surface area contributed by atoms with Crippen molar-refractivity contribution in [2.45, 2.75) is 6.54 Å². The fraction of sp³-hybridized carbons (Fsp3) is 0.0714. The maximum Gasteiger partial charge on any atom is 0.246 e. The molecule has 21 heavy (non-hydrogen) atoms. The van der Waals surface area contributed by atoms with Crippen molar-refractivity contribution in [1.29, 1.82) is 0 Å². The Balaban J connectivity index is 1.84. The molecule has 6 nitrogen and oxygen atoms in total. The SMILES string of the molecule is O=C(Cn1cccn1)Nc1cc(Br)ccc1-n1cccn1. The minimum atomic E-state index is -0.148. The maximum absolute atomic E-state index is 12.1. The Morgan fingerprint density at radius 3 is 2.71 bits per heavy atom. The van der Waals surface area contributed by atoms with Crippen molar-refractivity contribution in [1.82, 2.24) is 19.6 Å². The molecule has 0 atom stereocenters. The predicted molar refractivity (Wildman–Crippen MR) is 82.1 cm³/mol. The first-order valence-electron chi connectivity index (χ1n) is 6.29. The summed E-state index contributed by atoms with van der Waals surface area (Å²) in [5.41, 5.74) is 1.49. The third-order valence-corrected chi connectivity index (χ3v) is 3.34. The Morgan fingerprint density at radius 2 is 2.00 bits per heavy atom. The summed E-state index contributed by atoms with van der Waals surface area (Å²) in [6.45, 7) is 0.165. The molecule has 1 aromatic carbocycles. The minimum absolute atomic E-state index is 0.148.